The van der Waals surface area contributed by atoms with Crippen LogP contribution in [0.15, 0.2) is 18.2 Å². The second kappa shape index (κ2) is 5.02. The van der Waals surface area contributed by atoms with Gasteiger partial charge in [-0.05, 0) is 18.2 Å². The van der Waals surface area contributed by atoms with Crippen molar-refractivity contribution in [3.63, 3.8) is 0 Å². The molecule has 0 radical (unpaired) electrons. The van der Waals surface area contributed by atoms with Crippen LogP contribution in [0.4, 0.5) is 0 Å². The molecule has 1 rings (SSSR count). The quantitative estimate of drug-likeness (QED) is 0.649. The summed E-state index contributed by atoms with van der Waals surface area (Å²) in [5.74, 6) is -0.481. The molecule has 4 nitrogen and oxygen atoms in total. The minimum Gasteiger partial charge on any atom is -0.508 e. The minimum absolute atomic E-state index is 0.0385. The topological polar surface area (TPSA) is 60.8 Å². The fourth-order valence-corrected chi connectivity index (χ4v) is 1.66. The Morgan fingerprint density at radius 3 is 2.73 bits per heavy atom. The standard InChI is InChI=1S/C10H12BrNO3/c1-12(5-4-11)10(15)8-6-7(13)2-3-9(8)14/h2-3,6,13-14H,4-5H2,1H3. The lowest BCUT2D eigenvalue weighted by atomic mass is 10.1. The molecule has 0 heterocycles. The van der Waals surface area contributed by atoms with Gasteiger partial charge in [0.25, 0.3) is 5.91 Å². The number of benzene rings is 1. The summed E-state index contributed by atoms with van der Waals surface area (Å²) in [6, 6.07) is 3.88. The van der Waals surface area contributed by atoms with E-state index in [4.69, 9.17) is 0 Å². The number of alkyl halides is 1. The number of hydrogen-bond acceptors (Lipinski definition) is 3. The van der Waals surface area contributed by atoms with Gasteiger partial charge in [0.15, 0.2) is 0 Å². The van der Waals surface area contributed by atoms with E-state index in [1.54, 1.807) is 7.05 Å². The number of phenolic OH excluding ortho intramolecular Hbond substituents is 2. The normalized spacial score (nSPS) is 10.0. The molecule has 82 valence electrons. The first-order valence-electron chi connectivity index (χ1n) is 4.39. The largest absolute Gasteiger partial charge is 0.508 e. The van der Waals surface area contributed by atoms with Gasteiger partial charge < -0.3 is 15.1 Å². The van der Waals surface area contributed by atoms with Crippen LogP contribution in [-0.4, -0.2) is 39.9 Å². The van der Waals surface area contributed by atoms with Gasteiger partial charge in [-0.15, -0.1) is 0 Å². The molecule has 0 saturated carbocycles. The average Bonchev–Trinajstić information content (AvgIpc) is 2.21. The molecule has 15 heavy (non-hydrogen) atoms. The summed E-state index contributed by atoms with van der Waals surface area (Å²) in [4.78, 5) is 13.2. The molecule has 0 unspecified atom stereocenters. The molecule has 0 bridgehead atoms. The Morgan fingerprint density at radius 1 is 1.47 bits per heavy atom. The number of hydrogen-bond donors (Lipinski definition) is 2. The van der Waals surface area contributed by atoms with Gasteiger partial charge in [0.2, 0.25) is 0 Å². The summed E-state index contributed by atoms with van der Waals surface area (Å²) in [6.45, 7) is 0.536. The van der Waals surface area contributed by atoms with Crippen LogP contribution in [0.1, 0.15) is 10.4 Å². The van der Waals surface area contributed by atoms with E-state index in [9.17, 15) is 15.0 Å². The predicted octanol–water partition coefficient (Wildman–Crippen LogP) is 1.56. The average molecular weight is 274 g/mol. The van der Waals surface area contributed by atoms with E-state index >= 15 is 0 Å². The number of amides is 1. The van der Waals surface area contributed by atoms with E-state index in [1.165, 1.54) is 23.1 Å². The lowest BCUT2D eigenvalue weighted by Gasteiger charge is -2.16. The number of halogens is 1. The van der Waals surface area contributed by atoms with Crippen molar-refractivity contribution in [3.05, 3.63) is 23.8 Å². The van der Waals surface area contributed by atoms with Gasteiger partial charge in [-0.3, -0.25) is 4.79 Å². The van der Waals surface area contributed by atoms with Crippen molar-refractivity contribution in [2.24, 2.45) is 0 Å². The van der Waals surface area contributed by atoms with E-state index in [1.807, 2.05) is 0 Å². The van der Waals surface area contributed by atoms with Crippen molar-refractivity contribution in [1.29, 1.82) is 0 Å². The van der Waals surface area contributed by atoms with E-state index in [0.717, 1.165) is 0 Å². The summed E-state index contributed by atoms with van der Waals surface area (Å²) < 4.78 is 0. The highest BCUT2D eigenvalue weighted by Gasteiger charge is 2.15. The molecule has 1 amide bonds. The fourth-order valence-electron chi connectivity index (χ4n) is 1.13. The van der Waals surface area contributed by atoms with Gasteiger partial charge in [-0.2, -0.15) is 0 Å². The van der Waals surface area contributed by atoms with Gasteiger partial charge in [-0.25, -0.2) is 0 Å². The van der Waals surface area contributed by atoms with Crippen LogP contribution in [0.3, 0.4) is 0 Å². The molecule has 0 saturated heterocycles. The van der Waals surface area contributed by atoms with E-state index in [0.29, 0.717) is 11.9 Å². The summed E-state index contributed by atoms with van der Waals surface area (Å²) in [5.41, 5.74) is 0.110. The van der Waals surface area contributed by atoms with Gasteiger partial charge in [0.1, 0.15) is 11.5 Å². The molecule has 0 aliphatic carbocycles. The molecule has 0 aliphatic heterocycles. The van der Waals surface area contributed by atoms with Crippen molar-refractivity contribution in [2.75, 3.05) is 18.9 Å². The number of rotatable bonds is 3. The zero-order valence-electron chi connectivity index (χ0n) is 8.27. The number of nitrogens with zero attached hydrogens (tertiary/aromatic N) is 1. The van der Waals surface area contributed by atoms with E-state index < -0.39 is 0 Å². The van der Waals surface area contributed by atoms with Crippen molar-refractivity contribution in [2.45, 2.75) is 0 Å². The van der Waals surface area contributed by atoms with Crippen LogP contribution in [0.5, 0.6) is 11.5 Å². The van der Waals surface area contributed by atoms with Crippen LogP contribution in [0.2, 0.25) is 0 Å². The molecule has 1 aromatic carbocycles. The van der Waals surface area contributed by atoms with Crippen LogP contribution < -0.4 is 0 Å². The maximum absolute atomic E-state index is 11.7. The Labute approximate surface area is 96.3 Å². The summed E-state index contributed by atoms with van der Waals surface area (Å²) in [6.07, 6.45) is 0. The number of carbonyl (C=O) groups excluding carboxylic acids is 1. The van der Waals surface area contributed by atoms with Crippen molar-refractivity contribution in [3.8, 4) is 11.5 Å². The van der Waals surface area contributed by atoms with Crippen molar-refractivity contribution < 1.29 is 15.0 Å². The van der Waals surface area contributed by atoms with Crippen molar-refractivity contribution >= 4 is 21.8 Å². The zero-order chi connectivity index (χ0) is 11.4. The second-order valence-electron chi connectivity index (χ2n) is 3.12. The predicted molar refractivity (Wildman–Crippen MR) is 60.5 cm³/mol. The second-order valence-corrected chi connectivity index (χ2v) is 3.91. The van der Waals surface area contributed by atoms with Crippen LogP contribution >= 0.6 is 15.9 Å². The molecule has 0 aliphatic rings. The van der Waals surface area contributed by atoms with Gasteiger partial charge in [0, 0.05) is 18.9 Å². The Hall–Kier alpha value is -1.23. The third kappa shape index (κ3) is 2.86. The number of phenols is 2. The first kappa shape index (κ1) is 11.8. The van der Waals surface area contributed by atoms with Gasteiger partial charge >= 0.3 is 0 Å². The third-order valence-corrected chi connectivity index (χ3v) is 2.33. The first-order chi connectivity index (χ1) is 7.06. The van der Waals surface area contributed by atoms with Crippen LogP contribution in [0, 0.1) is 0 Å². The molecule has 0 aromatic heterocycles. The minimum atomic E-state index is -0.317. The molecule has 0 fully saturated rings. The molecular weight excluding hydrogens is 262 g/mol. The maximum atomic E-state index is 11.7. The lowest BCUT2D eigenvalue weighted by molar-refractivity contribution is 0.0800. The summed E-state index contributed by atoms with van der Waals surface area (Å²) in [5, 5.41) is 19.3. The summed E-state index contributed by atoms with van der Waals surface area (Å²) in [7, 11) is 1.63. The summed E-state index contributed by atoms with van der Waals surface area (Å²) >= 11 is 3.22. The Bertz CT molecular complexity index is 368. The lowest BCUT2D eigenvalue weighted by Crippen LogP contribution is -2.28. The molecule has 0 spiro atoms. The number of aromatic hydroxyl groups is 2. The van der Waals surface area contributed by atoms with Crippen molar-refractivity contribution in [1.82, 2.24) is 4.90 Å². The Balaban J connectivity index is 2.95. The third-order valence-electron chi connectivity index (χ3n) is 1.98. The smallest absolute Gasteiger partial charge is 0.257 e. The highest BCUT2D eigenvalue weighted by Crippen LogP contribution is 2.23. The molecular formula is C10H12BrNO3. The van der Waals surface area contributed by atoms with Gasteiger partial charge in [-0.1, -0.05) is 15.9 Å². The van der Waals surface area contributed by atoms with Crippen LogP contribution in [-0.2, 0) is 0 Å². The molecule has 2 N–H and O–H groups in total. The SMILES string of the molecule is CN(CCBr)C(=O)c1cc(O)ccc1O. The van der Waals surface area contributed by atoms with E-state index in [2.05, 4.69) is 15.9 Å². The first-order valence-corrected chi connectivity index (χ1v) is 5.52. The number of carbonyl (C=O) groups is 1. The maximum Gasteiger partial charge on any atom is 0.257 e. The highest BCUT2D eigenvalue weighted by molar-refractivity contribution is 9.09. The van der Waals surface area contributed by atoms with Gasteiger partial charge in [0.05, 0.1) is 5.56 Å². The molecule has 5 heteroatoms. The zero-order valence-corrected chi connectivity index (χ0v) is 9.86. The molecule has 0 atom stereocenters. The monoisotopic (exact) mass is 273 g/mol. The Morgan fingerprint density at radius 2 is 2.13 bits per heavy atom. The Kier molecular flexibility index (Phi) is 3.96. The highest BCUT2D eigenvalue weighted by atomic mass is 79.9. The van der Waals surface area contributed by atoms with Crippen LogP contribution in [0.25, 0.3) is 0 Å². The van der Waals surface area contributed by atoms with E-state index in [-0.39, 0.29) is 23.0 Å². The molecule has 1 aromatic rings. The fraction of sp³-hybridized carbons (Fsp3) is 0.300.